The molecule has 0 saturated heterocycles. The van der Waals surface area contributed by atoms with E-state index in [1.807, 2.05) is 0 Å². The summed E-state index contributed by atoms with van der Waals surface area (Å²) in [5, 5.41) is 35.0. The van der Waals surface area contributed by atoms with Gasteiger partial charge in [0.15, 0.2) is 0 Å². The van der Waals surface area contributed by atoms with Gasteiger partial charge in [-0.15, -0.1) is 0 Å². The van der Waals surface area contributed by atoms with Crippen molar-refractivity contribution < 1.29 is 39.6 Å². The molecular weight excluding hydrogens is 410 g/mol. The molecule has 0 aromatic rings. The molecule has 0 fully saturated rings. The number of carboxylic acids is 4. The molecular formula is C11H18As2O8. The molecule has 21 heavy (non-hydrogen) atoms. The number of hydrogen-bond acceptors (Lipinski definition) is 4. The van der Waals surface area contributed by atoms with Crippen molar-refractivity contribution in [1.29, 1.82) is 0 Å². The van der Waals surface area contributed by atoms with Crippen molar-refractivity contribution in [3.8, 4) is 0 Å². The second-order valence-electron chi connectivity index (χ2n) is 4.50. The Balaban J connectivity index is 4.81. The van der Waals surface area contributed by atoms with Crippen molar-refractivity contribution in [2.45, 2.75) is 37.7 Å². The molecule has 1 unspecified atom stereocenters. The Labute approximate surface area is 130 Å². The SMILES string of the molecule is CC(C[As](CC(=O)O)CC(=O)O)[As](CC(=O)O)CC(=O)O. The molecule has 4 N–H and O–H groups in total. The molecule has 0 radical (unpaired) electrons. The predicted molar refractivity (Wildman–Crippen MR) is 75.5 cm³/mol. The van der Waals surface area contributed by atoms with Gasteiger partial charge < -0.3 is 0 Å². The topological polar surface area (TPSA) is 149 Å². The molecule has 0 rings (SSSR count). The first-order valence-corrected chi connectivity index (χ1v) is 13.7. The fraction of sp³-hybridized carbons (Fsp3) is 0.636. The quantitative estimate of drug-likeness (QED) is 0.352. The Kier molecular flexibility index (Phi) is 9.38. The molecule has 10 heteroatoms. The van der Waals surface area contributed by atoms with Crippen molar-refractivity contribution in [1.82, 2.24) is 0 Å². The normalized spacial score (nSPS) is 12.3. The molecule has 0 aromatic carbocycles. The third kappa shape index (κ3) is 10.4. The van der Waals surface area contributed by atoms with Crippen LogP contribution in [0.15, 0.2) is 0 Å². The summed E-state index contributed by atoms with van der Waals surface area (Å²) in [6, 6.07) is 0. The van der Waals surface area contributed by atoms with E-state index in [0.29, 0.717) is 5.21 Å². The first-order valence-electron chi connectivity index (χ1n) is 5.95. The number of carbonyl (C=O) groups is 4. The van der Waals surface area contributed by atoms with Crippen LogP contribution in [0.2, 0.25) is 30.7 Å². The van der Waals surface area contributed by atoms with Crippen LogP contribution in [0.3, 0.4) is 0 Å². The molecule has 0 amide bonds. The van der Waals surface area contributed by atoms with Crippen LogP contribution in [0.25, 0.3) is 0 Å². The second-order valence-corrected chi connectivity index (χ2v) is 15.1. The molecule has 120 valence electrons. The second kappa shape index (κ2) is 9.85. The standard InChI is InChI=1S/C11H18As2O8/c1-7(13(5-10(18)19)6-11(20)21)2-12(3-8(14)15)4-9(16)17/h7H,2-6H2,1H3,(H,14,15)(H,16,17)(H,18,19)(H,20,21). The first kappa shape index (κ1) is 20.0. The van der Waals surface area contributed by atoms with Crippen molar-refractivity contribution in [3.05, 3.63) is 0 Å². The van der Waals surface area contributed by atoms with E-state index in [-0.39, 0.29) is 25.5 Å². The van der Waals surface area contributed by atoms with E-state index in [1.54, 1.807) is 6.92 Å². The van der Waals surface area contributed by atoms with Gasteiger partial charge >= 0.3 is 130 Å². The number of rotatable bonds is 11. The van der Waals surface area contributed by atoms with E-state index < -0.39 is 53.2 Å². The number of hydrogen-bond donors (Lipinski definition) is 4. The average molecular weight is 428 g/mol. The molecule has 0 heterocycles. The molecule has 8 nitrogen and oxygen atoms in total. The van der Waals surface area contributed by atoms with Gasteiger partial charge in [-0.25, -0.2) is 0 Å². The van der Waals surface area contributed by atoms with Gasteiger partial charge in [0, 0.05) is 0 Å². The third-order valence-corrected chi connectivity index (χ3v) is 15.0. The van der Waals surface area contributed by atoms with E-state index in [4.69, 9.17) is 20.4 Å². The zero-order valence-electron chi connectivity index (χ0n) is 11.4. The Morgan fingerprint density at radius 3 is 1.38 bits per heavy atom. The summed E-state index contributed by atoms with van der Waals surface area (Å²) in [6.07, 6.45) is 0. The van der Waals surface area contributed by atoms with Crippen LogP contribution in [0, 0.1) is 0 Å². The Hall–Kier alpha value is -1.00. The zero-order chi connectivity index (χ0) is 16.6. The molecule has 0 aromatic heterocycles. The van der Waals surface area contributed by atoms with E-state index in [1.165, 1.54) is 0 Å². The Morgan fingerprint density at radius 2 is 1.10 bits per heavy atom. The average Bonchev–Trinajstić information content (AvgIpc) is 2.24. The molecule has 0 aliphatic rings. The monoisotopic (exact) mass is 428 g/mol. The van der Waals surface area contributed by atoms with Gasteiger partial charge in [0.2, 0.25) is 0 Å². The van der Waals surface area contributed by atoms with E-state index in [2.05, 4.69) is 0 Å². The third-order valence-electron chi connectivity index (χ3n) is 2.54. The first-order chi connectivity index (χ1) is 9.61. The number of carboxylic acid groups (broad SMARTS) is 4. The van der Waals surface area contributed by atoms with Gasteiger partial charge in [-0.1, -0.05) is 0 Å². The van der Waals surface area contributed by atoms with Gasteiger partial charge in [0.05, 0.1) is 0 Å². The van der Waals surface area contributed by atoms with Crippen LogP contribution < -0.4 is 0 Å². The van der Waals surface area contributed by atoms with Crippen LogP contribution in [0.1, 0.15) is 6.92 Å². The van der Waals surface area contributed by atoms with Gasteiger partial charge in [0.1, 0.15) is 0 Å². The minimum absolute atomic E-state index is 0.175. The van der Waals surface area contributed by atoms with Crippen LogP contribution in [-0.4, -0.2) is 73.6 Å². The molecule has 0 spiro atoms. The summed E-state index contributed by atoms with van der Waals surface area (Å²) in [6.45, 7) is 1.72. The van der Waals surface area contributed by atoms with Gasteiger partial charge in [-0.2, -0.15) is 0 Å². The van der Waals surface area contributed by atoms with Crippen molar-refractivity contribution in [2.75, 3.05) is 0 Å². The summed E-state index contributed by atoms with van der Waals surface area (Å²) in [5.74, 6) is -4.23. The van der Waals surface area contributed by atoms with Crippen LogP contribution >= 0.6 is 0 Å². The maximum absolute atomic E-state index is 10.8. The van der Waals surface area contributed by atoms with E-state index >= 15 is 0 Å². The molecule has 0 bridgehead atoms. The summed E-state index contributed by atoms with van der Waals surface area (Å²) >= 11 is -4.39. The Morgan fingerprint density at radius 1 is 0.762 bits per heavy atom. The van der Waals surface area contributed by atoms with E-state index in [9.17, 15) is 19.2 Å². The van der Waals surface area contributed by atoms with Gasteiger partial charge in [0.25, 0.3) is 0 Å². The minimum atomic E-state index is -2.21. The summed E-state index contributed by atoms with van der Waals surface area (Å²) in [4.78, 5) is 43.1. The fourth-order valence-electron chi connectivity index (χ4n) is 1.77. The van der Waals surface area contributed by atoms with Crippen molar-refractivity contribution >= 4 is 53.2 Å². The Bertz CT molecular complexity index is 379. The van der Waals surface area contributed by atoms with Gasteiger partial charge in [-0.05, 0) is 0 Å². The summed E-state index contributed by atoms with van der Waals surface area (Å²) in [5.41, 5.74) is 0. The maximum atomic E-state index is 10.8. The molecule has 0 aliphatic carbocycles. The van der Waals surface area contributed by atoms with Crippen LogP contribution in [0.4, 0.5) is 0 Å². The van der Waals surface area contributed by atoms with Gasteiger partial charge in [-0.3, -0.25) is 0 Å². The summed E-state index contributed by atoms with van der Waals surface area (Å²) in [7, 11) is 0. The fourth-order valence-corrected chi connectivity index (χ4v) is 14.2. The number of aliphatic carboxylic acids is 4. The summed E-state index contributed by atoms with van der Waals surface area (Å²) < 4.78 is -0.191. The zero-order valence-corrected chi connectivity index (χ0v) is 15.2. The molecule has 0 saturated carbocycles. The predicted octanol–water partition coefficient (Wildman–Crippen LogP) is 0.704. The van der Waals surface area contributed by atoms with Crippen LogP contribution in [-0.2, 0) is 19.2 Å². The van der Waals surface area contributed by atoms with Crippen molar-refractivity contribution in [3.63, 3.8) is 0 Å². The van der Waals surface area contributed by atoms with Crippen molar-refractivity contribution in [2.24, 2.45) is 0 Å². The molecule has 1 atom stereocenters. The molecule has 0 aliphatic heterocycles. The van der Waals surface area contributed by atoms with E-state index in [0.717, 1.165) is 0 Å². The van der Waals surface area contributed by atoms with Crippen LogP contribution in [0.5, 0.6) is 0 Å².